The Morgan fingerprint density at radius 3 is 2.87 bits per heavy atom. The van der Waals surface area contributed by atoms with Crippen LogP contribution in [-0.4, -0.2) is 15.8 Å². The number of aldehydes is 1. The smallest absolute Gasteiger partial charge is 0.127 e. The molecule has 1 aromatic rings. The van der Waals surface area contributed by atoms with Crippen LogP contribution in [0.2, 0.25) is 0 Å². The molecule has 3 nitrogen and oxygen atoms in total. The van der Waals surface area contributed by atoms with E-state index in [4.69, 9.17) is 0 Å². The Morgan fingerprint density at radius 2 is 2.20 bits per heavy atom. The molecule has 1 aliphatic carbocycles. The minimum absolute atomic E-state index is 0.191. The van der Waals surface area contributed by atoms with Gasteiger partial charge in [-0.05, 0) is 41.6 Å². The highest BCUT2D eigenvalue weighted by Crippen LogP contribution is 2.42. The van der Waals surface area contributed by atoms with Crippen molar-refractivity contribution in [3.63, 3.8) is 0 Å². The molecule has 0 radical (unpaired) electrons. The normalized spacial score (nSPS) is 25.0. The van der Waals surface area contributed by atoms with Gasteiger partial charge in [0, 0.05) is 18.4 Å². The first-order valence-corrected chi connectivity index (χ1v) is 6.29. The highest BCUT2D eigenvalue weighted by atomic mass is 79.9. The Hall–Kier alpha value is -0.640. The third-order valence-electron chi connectivity index (χ3n) is 3.36. The van der Waals surface area contributed by atoms with Crippen LogP contribution in [0.1, 0.15) is 36.7 Å². The average molecular weight is 269 g/mol. The van der Waals surface area contributed by atoms with E-state index < -0.39 is 0 Å². The summed E-state index contributed by atoms with van der Waals surface area (Å²) in [6, 6.07) is 0. The maximum Gasteiger partial charge on any atom is 0.127 e. The number of nitrogens with zero attached hydrogens (tertiary/aromatic N) is 2. The van der Waals surface area contributed by atoms with Crippen molar-refractivity contribution in [3.8, 4) is 0 Å². The van der Waals surface area contributed by atoms with Crippen LogP contribution in [-0.2, 0) is 17.8 Å². The highest BCUT2D eigenvalue weighted by Gasteiger charge is 2.33. The zero-order valence-electron chi connectivity index (χ0n) is 8.45. The van der Waals surface area contributed by atoms with E-state index in [-0.39, 0.29) is 5.92 Å². The number of imidazole rings is 1. The lowest BCUT2D eigenvalue weighted by Gasteiger charge is -2.21. The molecule has 3 rings (SSSR count). The lowest BCUT2D eigenvalue weighted by Crippen LogP contribution is -2.22. The standard InChI is InChI=1S/C11H13BrN2O/c12-10-9-4-1-7(6-15)5-14(9)11(13-10)8-2-3-8/h6-8H,1-5H2. The van der Waals surface area contributed by atoms with E-state index in [1.54, 1.807) is 0 Å². The van der Waals surface area contributed by atoms with Crippen molar-refractivity contribution in [3.05, 3.63) is 16.1 Å². The van der Waals surface area contributed by atoms with Crippen LogP contribution in [0, 0.1) is 5.92 Å². The molecule has 1 aromatic heterocycles. The van der Waals surface area contributed by atoms with Gasteiger partial charge in [0.15, 0.2) is 0 Å². The molecule has 0 spiro atoms. The summed E-state index contributed by atoms with van der Waals surface area (Å²) in [6.45, 7) is 0.837. The van der Waals surface area contributed by atoms with Crippen molar-refractivity contribution in [2.45, 2.75) is 38.1 Å². The summed E-state index contributed by atoms with van der Waals surface area (Å²) in [5.41, 5.74) is 1.29. The lowest BCUT2D eigenvalue weighted by atomic mass is 10.00. The summed E-state index contributed by atoms with van der Waals surface area (Å²) in [5, 5.41) is 0. The maximum atomic E-state index is 10.8. The van der Waals surface area contributed by atoms with E-state index in [0.717, 1.165) is 30.3 Å². The number of hydrogen-bond donors (Lipinski definition) is 0. The molecule has 15 heavy (non-hydrogen) atoms. The topological polar surface area (TPSA) is 34.9 Å². The van der Waals surface area contributed by atoms with Crippen molar-refractivity contribution < 1.29 is 4.79 Å². The molecule has 1 unspecified atom stereocenters. The number of aromatic nitrogens is 2. The molecule has 1 atom stereocenters. The second-order valence-electron chi connectivity index (χ2n) is 4.53. The molecular weight excluding hydrogens is 256 g/mol. The largest absolute Gasteiger partial charge is 0.330 e. The van der Waals surface area contributed by atoms with Gasteiger partial charge in [-0.3, -0.25) is 0 Å². The van der Waals surface area contributed by atoms with Crippen molar-refractivity contribution >= 4 is 22.2 Å². The fourth-order valence-electron chi connectivity index (χ4n) is 2.33. The van der Waals surface area contributed by atoms with Crippen LogP contribution in [0.15, 0.2) is 4.60 Å². The molecule has 4 heteroatoms. The summed E-state index contributed by atoms with van der Waals surface area (Å²) in [7, 11) is 0. The van der Waals surface area contributed by atoms with E-state index in [1.807, 2.05) is 0 Å². The Bertz CT molecular complexity index is 409. The molecule has 0 N–H and O–H groups in total. The molecule has 2 heterocycles. The Morgan fingerprint density at radius 1 is 1.40 bits per heavy atom. The van der Waals surface area contributed by atoms with Gasteiger partial charge in [0.1, 0.15) is 16.7 Å². The van der Waals surface area contributed by atoms with E-state index in [0.29, 0.717) is 5.92 Å². The Labute approximate surface area is 97.0 Å². The van der Waals surface area contributed by atoms with E-state index in [1.165, 1.54) is 24.4 Å². The molecular formula is C11H13BrN2O. The number of fused-ring (bicyclic) bond motifs is 1. The highest BCUT2D eigenvalue weighted by molar-refractivity contribution is 9.10. The van der Waals surface area contributed by atoms with Crippen molar-refractivity contribution in [1.82, 2.24) is 9.55 Å². The molecule has 0 bridgehead atoms. The van der Waals surface area contributed by atoms with Gasteiger partial charge in [-0.25, -0.2) is 4.98 Å². The number of hydrogen-bond acceptors (Lipinski definition) is 2. The van der Waals surface area contributed by atoms with Crippen molar-refractivity contribution in [2.24, 2.45) is 5.92 Å². The van der Waals surface area contributed by atoms with Gasteiger partial charge < -0.3 is 9.36 Å². The maximum absolute atomic E-state index is 10.8. The third-order valence-corrected chi connectivity index (χ3v) is 3.99. The SMILES string of the molecule is O=CC1CCc2c(Br)nc(C3CC3)n2C1. The molecule has 1 saturated carbocycles. The zero-order valence-corrected chi connectivity index (χ0v) is 10.0. The monoisotopic (exact) mass is 268 g/mol. The van der Waals surface area contributed by atoms with Crippen LogP contribution in [0.3, 0.4) is 0 Å². The van der Waals surface area contributed by atoms with Crippen LogP contribution in [0.4, 0.5) is 0 Å². The number of carbonyl (C=O) groups is 1. The Kier molecular flexibility index (Phi) is 2.20. The van der Waals surface area contributed by atoms with Gasteiger partial charge in [0.2, 0.25) is 0 Å². The van der Waals surface area contributed by atoms with Crippen molar-refractivity contribution in [2.75, 3.05) is 0 Å². The Balaban J connectivity index is 2.01. The van der Waals surface area contributed by atoms with Gasteiger partial charge in [-0.15, -0.1) is 0 Å². The summed E-state index contributed by atoms with van der Waals surface area (Å²) in [4.78, 5) is 15.4. The summed E-state index contributed by atoms with van der Waals surface area (Å²) >= 11 is 3.52. The van der Waals surface area contributed by atoms with Gasteiger partial charge in [-0.1, -0.05) is 0 Å². The average Bonchev–Trinajstić information content (AvgIpc) is 3.04. The van der Waals surface area contributed by atoms with E-state index in [9.17, 15) is 4.79 Å². The lowest BCUT2D eigenvalue weighted by molar-refractivity contribution is -0.111. The molecule has 0 amide bonds. The summed E-state index contributed by atoms with van der Waals surface area (Å²) in [5.74, 6) is 2.04. The van der Waals surface area contributed by atoms with Gasteiger partial charge in [0.25, 0.3) is 0 Å². The van der Waals surface area contributed by atoms with E-state index >= 15 is 0 Å². The first kappa shape index (κ1) is 9.58. The first-order chi connectivity index (χ1) is 7.29. The number of rotatable bonds is 2. The van der Waals surface area contributed by atoms with Crippen molar-refractivity contribution in [1.29, 1.82) is 0 Å². The molecule has 80 valence electrons. The molecule has 1 aliphatic heterocycles. The van der Waals surface area contributed by atoms with Gasteiger partial charge >= 0.3 is 0 Å². The van der Waals surface area contributed by atoms with Crippen LogP contribution >= 0.6 is 15.9 Å². The number of halogens is 1. The zero-order chi connectivity index (χ0) is 10.4. The molecule has 0 aromatic carbocycles. The minimum atomic E-state index is 0.191. The fraction of sp³-hybridized carbons (Fsp3) is 0.636. The predicted molar refractivity (Wildman–Crippen MR) is 59.8 cm³/mol. The summed E-state index contributed by atoms with van der Waals surface area (Å²) < 4.78 is 3.26. The first-order valence-electron chi connectivity index (χ1n) is 5.49. The summed E-state index contributed by atoms with van der Waals surface area (Å²) in [6.07, 6.45) is 5.55. The van der Waals surface area contributed by atoms with Crippen LogP contribution < -0.4 is 0 Å². The predicted octanol–water partition coefficient (Wildman–Crippen LogP) is 2.28. The van der Waals surface area contributed by atoms with Crippen LogP contribution in [0.5, 0.6) is 0 Å². The molecule has 1 fully saturated rings. The molecule has 2 aliphatic rings. The fourth-order valence-corrected chi connectivity index (χ4v) is 2.92. The number of carbonyl (C=O) groups excluding carboxylic acids is 1. The third kappa shape index (κ3) is 1.55. The second kappa shape index (κ2) is 3.44. The van der Waals surface area contributed by atoms with Crippen LogP contribution in [0.25, 0.3) is 0 Å². The second-order valence-corrected chi connectivity index (χ2v) is 5.28. The van der Waals surface area contributed by atoms with Gasteiger partial charge in [-0.2, -0.15) is 0 Å². The molecule has 0 saturated heterocycles. The minimum Gasteiger partial charge on any atom is -0.330 e. The quantitative estimate of drug-likeness (QED) is 0.772. The van der Waals surface area contributed by atoms with Gasteiger partial charge in [0.05, 0.1) is 5.69 Å². The van der Waals surface area contributed by atoms with E-state index in [2.05, 4.69) is 25.5 Å².